The highest BCUT2D eigenvalue weighted by Crippen LogP contribution is 2.29. The number of para-hydroxylation sites is 1. The van der Waals surface area contributed by atoms with E-state index in [1.165, 1.54) is 5.56 Å². The minimum Gasteiger partial charge on any atom is -0.383 e. The third kappa shape index (κ3) is 3.27. The topological polar surface area (TPSA) is 93.8 Å². The van der Waals surface area contributed by atoms with Crippen molar-refractivity contribution in [1.82, 2.24) is 15.2 Å². The zero-order valence-electron chi connectivity index (χ0n) is 11.9. The number of benzene rings is 1. The van der Waals surface area contributed by atoms with E-state index in [1.807, 2.05) is 18.2 Å². The second-order valence-electron chi connectivity index (χ2n) is 5.76. The van der Waals surface area contributed by atoms with Gasteiger partial charge in [0.05, 0.1) is 0 Å². The van der Waals surface area contributed by atoms with Crippen LogP contribution < -0.4 is 11.0 Å². The van der Waals surface area contributed by atoms with Crippen molar-refractivity contribution in [2.45, 2.75) is 32.3 Å². The molecule has 1 atom stereocenters. The van der Waals surface area contributed by atoms with Gasteiger partial charge in [0.15, 0.2) is 5.82 Å². The lowest BCUT2D eigenvalue weighted by molar-refractivity contribution is 0.181. The molecule has 0 aliphatic heterocycles. The predicted molar refractivity (Wildman–Crippen MR) is 77.8 cm³/mol. The summed E-state index contributed by atoms with van der Waals surface area (Å²) in [4.78, 5) is 13.4. The van der Waals surface area contributed by atoms with Crippen LogP contribution in [-0.2, 0) is 5.41 Å². The molecule has 4 N–H and O–H groups in total. The number of rotatable bonds is 4. The number of H-pyrrole nitrogens is 2. The summed E-state index contributed by atoms with van der Waals surface area (Å²) < 4.78 is 0. The van der Waals surface area contributed by atoms with Gasteiger partial charge in [0, 0.05) is 12.2 Å². The van der Waals surface area contributed by atoms with Gasteiger partial charge in [-0.25, -0.2) is 9.89 Å². The summed E-state index contributed by atoms with van der Waals surface area (Å²) >= 11 is 0. The van der Waals surface area contributed by atoms with E-state index >= 15 is 0 Å². The molecule has 1 heterocycles. The second kappa shape index (κ2) is 5.50. The van der Waals surface area contributed by atoms with Crippen molar-refractivity contribution in [3.63, 3.8) is 0 Å². The van der Waals surface area contributed by atoms with Gasteiger partial charge < -0.3 is 10.4 Å². The summed E-state index contributed by atoms with van der Waals surface area (Å²) in [7, 11) is 0. The largest absolute Gasteiger partial charge is 0.383 e. The molecular formula is C14H20N4O2. The first-order chi connectivity index (χ1) is 9.38. The molecule has 0 fully saturated rings. The molecule has 1 aromatic heterocycles. The van der Waals surface area contributed by atoms with E-state index in [2.05, 4.69) is 47.3 Å². The first kappa shape index (κ1) is 14.3. The third-order valence-electron chi connectivity index (χ3n) is 3.06. The van der Waals surface area contributed by atoms with Gasteiger partial charge >= 0.3 is 5.69 Å². The van der Waals surface area contributed by atoms with Crippen molar-refractivity contribution >= 4 is 5.69 Å². The van der Waals surface area contributed by atoms with Crippen LogP contribution in [0.5, 0.6) is 0 Å². The quantitative estimate of drug-likeness (QED) is 0.681. The molecule has 108 valence electrons. The fraction of sp³-hybridized carbons (Fsp3) is 0.429. The Kier molecular flexibility index (Phi) is 3.94. The molecule has 0 saturated heterocycles. The SMILES string of the molecule is CC(C)(C)c1ccccc1NCC(O)c1n[nH]c(=O)[nH]1. The van der Waals surface area contributed by atoms with Crippen LogP contribution in [0.4, 0.5) is 5.69 Å². The van der Waals surface area contributed by atoms with Gasteiger partial charge in [0.2, 0.25) is 0 Å². The van der Waals surface area contributed by atoms with Crippen molar-refractivity contribution in [3.8, 4) is 0 Å². The number of hydrogen-bond acceptors (Lipinski definition) is 4. The summed E-state index contributed by atoms with van der Waals surface area (Å²) in [5, 5.41) is 19.1. The van der Waals surface area contributed by atoms with Gasteiger partial charge in [0.25, 0.3) is 0 Å². The average molecular weight is 276 g/mol. The number of aromatic amines is 2. The van der Waals surface area contributed by atoms with E-state index in [-0.39, 0.29) is 17.8 Å². The van der Waals surface area contributed by atoms with Crippen molar-refractivity contribution in [2.75, 3.05) is 11.9 Å². The van der Waals surface area contributed by atoms with E-state index in [1.54, 1.807) is 0 Å². The zero-order chi connectivity index (χ0) is 14.8. The van der Waals surface area contributed by atoms with Crippen molar-refractivity contribution in [1.29, 1.82) is 0 Å². The molecule has 20 heavy (non-hydrogen) atoms. The van der Waals surface area contributed by atoms with E-state index in [0.29, 0.717) is 0 Å². The van der Waals surface area contributed by atoms with Crippen molar-refractivity contribution in [3.05, 3.63) is 46.1 Å². The zero-order valence-corrected chi connectivity index (χ0v) is 11.9. The lowest BCUT2D eigenvalue weighted by atomic mass is 9.86. The maximum atomic E-state index is 10.9. The highest BCUT2D eigenvalue weighted by molar-refractivity contribution is 5.54. The molecule has 0 bridgehead atoms. The van der Waals surface area contributed by atoms with Crippen LogP contribution >= 0.6 is 0 Å². The van der Waals surface area contributed by atoms with E-state index < -0.39 is 11.8 Å². The molecule has 0 radical (unpaired) electrons. The Morgan fingerprint density at radius 3 is 2.65 bits per heavy atom. The molecule has 2 rings (SSSR count). The molecule has 1 aromatic carbocycles. The van der Waals surface area contributed by atoms with Gasteiger partial charge in [-0.2, -0.15) is 5.10 Å². The number of anilines is 1. The van der Waals surface area contributed by atoms with Crippen molar-refractivity contribution < 1.29 is 5.11 Å². The van der Waals surface area contributed by atoms with Crippen LogP contribution in [0, 0.1) is 0 Å². The fourth-order valence-corrected chi connectivity index (χ4v) is 2.04. The predicted octanol–water partition coefficient (Wildman–Crippen LogP) is 1.54. The second-order valence-corrected chi connectivity index (χ2v) is 5.76. The minimum absolute atomic E-state index is 0.00912. The molecule has 6 heteroatoms. The number of nitrogens with zero attached hydrogens (tertiary/aromatic N) is 1. The standard InChI is InChI=1S/C14H20N4O2/c1-14(2,3)9-6-4-5-7-10(9)15-8-11(19)12-16-13(20)18-17-12/h4-7,11,15,19H,8H2,1-3H3,(H2,16,17,18,20). The van der Waals surface area contributed by atoms with E-state index in [0.717, 1.165) is 5.69 Å². The Balaban J connectivity index is 2.10. The van der Waals surface area contributed by atoms with Gasteiger partial charge in [-0.1, -0.05) is 39.0 Å². The van der Waals surface area contributed by atoms with Gasteiger partial charge in [-0.15, -0.1) is 0 Å². The van der Waals surface area contributed by atoms with Gasteiger partial charge in [0.1, 0.15) is 6.10 Å². The first-order valence-electron chi connectivity index (χ1n) is 6.54. The lowest BCUT2D eigenvalue weighted by Gasteiger charge is -2.24. The van der Waals surface area contributed by atoms with Crippen LogP contribution in [0.3, 0.4) is 0 Å². The summed E-state index contributed by atoms with van der Waals surface area (Å²) in [6.07, 6.45) is -0.873. The first-order valence-corrected chi connectivity index (χ1v) is 6.54. The Labute approximate surface area is 117 Å². The molecule has 0 aliphatic rings. The van der Waals surface area contributed by atoms with E-state index in [4.69, 9.17) is 0 Å². The number of aromatic nitrogens is 3. The number of aliphatic hydroxyl groups is 1. The molecular weight excluding hydrogens is 256 g/mol. The van der Waals surface area contributed by atoms with Gasteiger partial charge in [-0.05, 0) is 17.0 Å². The Morgan fingerprint density at radius 1 is 1.35 bits per heavy atom. The summed E-state index contributed by atoms with van der Waals surface area (Å²) in [6.45, 7) is 6.67. The summed E-state index contributed by atoms with van der Waals surface area (Å²) in [6, 6.07) is 7.97. The minimum atomic E-state index is -0.873. The summed E-state index contributed by atoms with van der Waals surface area (Å²) in [5.41, 5.74) is 1.73. The number of nitrogens with one attached hydrogen (secondary N) is 3. The van der Waals surface area contributed by atoms with Crippen LogP contribution in [-0.4, -0.2) is 26.8 Å². The highest BCUT2D eigenvalue weighted by atomic mass is 16.3. The molecule has 1 unspecified atom stereocenters. The smallest absolute Gasteiger partial charge is 0.340 e. The average Bonchev–Trinajstić information content (AvgIpc) is 2.82. The Hall–Kier alpha value is -2.08. The van der Waals surface area contributed by atoms with Crippen molar-refractivity contribution in [2.24, 2.45) is 0 Å². The third-order valence-corrected chi connectivity index (χ3v) is 3.06. The summed E-state index contributed by atoms with van der Waals surface area (Å²) in [5.74, 6) is 0.232. The Bertz CT molecular complexity index is 624. The molecule has 2 aromatic rings. The normalized spacial score (nSPS) is 13.2. The van der Waals surface area contributed by atoms with Crippen LogP contribution in [0.1, 0.15) is 38.3 Å². The van der Waals surface area contributed by atoms with Gasteiger partial charge in [-0.3, -0.25) is 4.98 Å². The molecule has 0 saturated carbocycles. The van der Waals surface area contributed by atoms with Crippen LogP contribution in [0.15, 0.2) is 29.1 Å². The van der Waals surface area contributed by atoms with E-state index in [9.17, 15) is 9.90 Å². The molecule has 0 spiro atoms. The molecule has 6 nitrogen and oxygen atoms in total. The Morgan fingerprint density at radius 2 is 2.05 bits per heavy atom. The molecule has 0 amide bonds. The maximum Gasteiger partial charge on any atom is 0.340 e. The highest BCUT2D eigenvalue weighted by Gasteiger charge is 2.18. The molecule has 0 aliphatic carbocycles. The fourth-order valence-electron chi connectivity index (χ4n) is 2.04. The number of hydrogen-bond donors (Lipinski definition) is 4. The maximum absolute atomic E-state index is 10.9. The van der Waals surface area contributed by atoms with Crippen LogP contribution in [0.2, 0.25) is 0 Å². The number of aliphatic hydroxyl groups excluding tert-OH is 1. The van der Waals surface area contributed by atoms with Crippen LogP contribution in [0.25, 0.3) is 0 Å². The lowest BCUT2D eigenvalue weighted by Crippen LogP contribution is -2.18. The monoisotopic (exact) mass is 276 g/mol.